The summed E-state index contributed by atoms with van der Waals surface area (Å²) >= 11 is 0. The van der Waals surface area contributed by atoms with E-state index in [1.807, 2.05) is 18.9 Å². The molecule has 0 bridgehead atoms. The Morgan fingerprint density at radius 3 is 2.26 bits per heavy atom. The van der Waals surface area contributed by atoms with E-state index in [2.05, 4.69) is 45.0 Å². The fraction of sp³-hybridized carbons (Fsp3) is 0.562. The van der Waals surface area contributed by atoms with Crippen LogP contribution in [-0.2, 0) is 10.2 Å². The van der Waals surface area contributed by atoms with Crippen molar-refractivity contribution in [3.8, 4) is 0 Å². The fourth-order valence-electron chi connectivity index (χ4n) is 2.50. The van der Waals surface area contributed by atoms with Crippen molar-refractivity contribution in [2.24, 2.45) is 0 Å². The molecule has 0 amide bonds. The molecule has 0 spiro atoms. The number of likely N-dealkylation sites (N-methyl/N-ethyl adjacent to an activating group) is 1. The summed E-state index contributed by atoms with van der Waals surface area (Å²) < 4.78 is 0. The highest BCUT2D eigenvalue weighted by molar-refractivity contribution is 5.73. The molecule has 1 aromatic carbocycles. The predicted molar refractivity (Wildman–Crippen MR) is 78.5 cm³/mol. The first-order chi connectivity index (χ1) is 8.77. The second kappa shape index (κ2) is 6.20. The van der Waals surface area contributed by atoms with E-state index in [4.69, 9.17) is 0 Å². The Morgan fingerprint density at radius 2 is 1.84 bits per heavy atom. The van der Waals surface area contributed by atoms with E-state index in [0.717, 1.165) is 6.54 Å². The van der Waals surface area contributed by atoms with Crippen LogP contribution in [0.4, 0.5) is 0 Å². The first-order valence-electron chi connectivity index (χ1n) is 6.78. The molecule has 19 heavy (non-hydrogen) atoms. The lowest BCUT2D eigenvalue weighted by atomic mass is 9.83. The molecule has 0 unspecified atom stereocenters. The summed E-state index contributed by atoms with van der Waals surface area (Å²) in [5.41, 5.74) is 2.42. The zero-order chi connectivity index (χ0) is 14.6. The van der Waals surface area contributed by atoms with Crippen molar-refractivity contribution in [3.63, 3.8) is 0 Å². The van der Waals surface area contributed by atoms with Gasteiger partial charge in [0.15, 0.2) is 0 Å². The van der Waals surface area contributed by atoms with Crippen molar-refractivity contribution in [2.75, 3.05) is 13.6 Å². The molecule has 3 heteroatoms. The molecule has 0 aliphatic heterocycles. The fourth-order valence-corrected chi connectivity index (χ4v) is 2.50. The van der Waals surface area contributed by atoms with Gasteiger partial charge in [-0.05, 0) is 26.0 Å². The highest BCUT2D eigenvalue weighted by atomic mass is 16.4. The monoisotopic (exact) mass is 263 g/mol. The van der Waals surface area contributed by atoms with Crippen LogP contribution in [-0.4, -0.2) is 35.6 Å². The Hall–Kier alpha value is -1.35. The number of hydrogen-bond donors (Lipinski definition) is 1. The third kappa shape index (κ3) is 4.06. The van der Waals surface area contributed by atoms with Gasteiger partial charge in [-0.3, -0.25) is 9.69 Å². The SMILES string of the molecule is CC[C@@H](C(=O)O)N(C)CC(C)(C)c1ccc(C)cc1. The summed E-state index contributed by atoms with van der Waals surface area (Å²) in [7, 11) is 1.89. The largest absolute Gasteiger partial charge is 0.480 e. The van der Waals surface area contributed by atoms with Gasteiger partial charge in [-0.2, -0.15) is 0 Å². The second-order valence-corrected chi connectivity index (χ2v) is 5.93. The summed E-state index contributed by atoms with van der Waals surface area (Å²) in [6.07, 6.45) is 0.621. The lowest BCUT2D eigenvalue weighted by Gasteiger charge is -2.33. The van der Waals surface area contributed by atoms with Gasteiger partial charge in [0.25, 0.3) is 0 Å². The second-order valence-electron chi connectivity index (χ2n) is 5.93. The third-order valence-electron chi connectivity index (χ3n) is 3.68. The van der Waals surface area contributed by atoms with E-state index in [1.54, 1.807) is 0 Å². The van der Waals surface area contributed by atoms with Crippen LogP contribution < -0.4 is 0 Å². The van der Waals surface area contributed by atoms with Gasteiger partial charge >= 0.3 is 5.97 Å². The maximum atomic E-state index is 11.2. The molecular weight excluding hydrogens is 238 g/mol. The molecule has 1 rings (SSSR count). The maximum absolute atomic E-state index is 11.2. The van der Waals surface area contributed by atoms with Gasteiger partial charge in [0.2, 0.25) is 0 Å². The Balaban J connectivity index is 2.84. The Morgan fingerprint density at radius 1 is 1.32 bits per heavy atom. The van der Waals surface area contributed by atoms with E-state index in [1.165, 1.54) is 11.1 Å². The molecule has 0 aliphatic carbocycles. The molecule has 0 aliphatic rings. The smallest absolute Gasteiger partial charge is 0.320 e. The van der Waals surface area contributed by atoms with Crippen molar-refractivity contribution in [1.29, 1.82) is 0 Å². The van der Waals surface area contributed by atoms with Crippen molar-refractivity contribution in [3.05, 3.63) is 35.4 Å². The van der Waals surface area contributed by atoms with Crippen molar-refractivity contribution >= 4 is 5.97 Å². The van der Waals surface area contributed by atoms with E-state index in [9.17, 15) is 9.90 Å². The molecule has 1 N–H and O–H groups in total. The Labute approximate surface area is 116 Å². The third-order valence-corrected chi connectivity index (χ3v) is 3.68. The van der Waals surface area contributed by atoms with Crippen molar-refractivity contribution < 1.29 is 9.90 Å². The summed E-state index contributed by atoms with van der Waals surface area (Å²) in [6.45, 7) is 9.01. The number of carbonyl (C=O) groups is 1. The van der Waals surface area contributed by atoms with Gasteiger partial charge in [0, 0.05) is 12.0 Å². The van der Waals surface area contributed by atoms with Crippen LogP contribution in [0, 0.1) is 6.92 Å². The van der Waals surface area contributed by atoms with Crippen LogP contribution in [0.25, 0.3) is 0 Å². The van der Waals surface area contributed by atoms with E-state index < -0.39 is 12.0 Å². The maximum Gasteiger partial charge on any atom is 0.320 e. The molecule has 106 valence electrons. The number of aliphatic carboxylic acids is 1. The Kier molecular flexibility index (Phi) is 5.12. The minimum absolute atomic E-state index is 0.0642. The van der Waals surface area contributed by atoms with Crippen LogP contribution in [0.1, 0.15) is 38.3 Å². The first-order valence-corrected chi connectivity index (χ1v) is 6.78. The number of rotatable bonds is 6. The lowest BCUT2D eigenvalue weighted by Crippen LogP contribution is -2.44. The van der Waals surface area contributed by atoms with Crippen molar-refractivity contribution in [2.45, 2.75) is 45.6 Å². The summed E-state index contributed by atoms with van der Waals surface area (Å²) in [4.78, 5) is 13.1. The molecule has 1 aromatic rings. The molecule has 0 radical (unpaired) electrons. The van der Waals surface area contributed by atoms with E-state index >= 15 is 0 Å². The molecular formula is C16H25NO2. The molecule has 3 nitrogen and oxygen atoms in total. The molecule has 0 saturated carbocycles. The van der Waals surface area contributed by atoms with Gasteiger partial charge in [-0.1, -0.05) is 50.6 Å². The topological polar surface area (TPSA) is 40.5 Å². The number of carboxylic acid groups (broad SMARTS) is 1. The lowest BCUT2D eigenvalue weighted by molar-refractivity contribution is -0.143. The number of benzene rings is 1. The van der Waals surface area contributed by atoms with Crippen LogP contribution in [0.15, 0.2) is 24.3 Å². The molecule has 0 aromatic heterocycles. The normalized spacial score (nSPS) is 13.6. The minimum atomic E-state index is -0.746. The van der Waals surface area contributed by atoms with Crippen LogP contribution >= 0.6 is 0 Å². The summed E-state index contributed by atoms with van der Waals surface area (Å²) in [6, 6.07) is 8.05. The number of hydrogen-bond acceptors (Lipinski definition) is 2. The van der Waals surface area contributed by atoms with Gasteiger partial charge < -0.3 is 5.11 Å². The first kappa shape index (κ1) is 15.7. The van der Waals surface area contributed by atoms with Gasteiger partial charge in [0.05, 0.1) is 0 Å². The van der Waals surface area contributed by atoms with Gasteiger partial charge in [-0.25, -0.2) is 0 Å². The highest BCUT2D eigenvalue weighted by Crippen LogP contribution is 2.25. The number of nitrogens with zero attached hydrogens (tertiary/aromatic N) is 1. The molecule has 1 atom stereocenters. The molecule has 0 saturated heterocycles. The van der Waals surface area contributed by atoms with Crippen LogP contribution in [0.2, 0.25) is 0 Å². The molecule has 0 heterocycles. The van der Waals surface area contributed by atoms with Crippen molar-refractivity contribution in [1.82, 2.24) is 4.90 Å². The number of carboxylic acids is 1. The zero-order valence-corrected chi connectivity index (χ0v) is 12.6. The quantitative estimate of drug-likeness (QED) is 0.857. The highest BCUT2D eigenvalue weighted by Gasteiger charge is 2.28. The summed E-state index contributed by atoms with van der Waals surface area (Å²) in [5, 5.41) is 9.21. The zero-order valence-electron chi connectivity index (χ0n) is 12.6. The van der Waals surface area contributed by atoms with Gasteiger partial charge in [-0.15, -0.1) is 0 Å². The average molecular weight is 263 g/mol. The van der Waals surface area contributed by atoms with E-state index in [0.29, 0.717) is 6.42 Å². The van der Waals surface area contributed by atoms with Crippen LogP contribution in [0.3, 0.4) is 0 Å². The summed E-state index contributed by atoms with van der Waals surface area (Å²) in [5.74, 6) is -0.746. The average Bonchev–Trinajstić information content (AvgIpc) is 2.29. The number of aryl methyl sites for hydroxylation is 1. The van der Waals surface area contributed by atoms with Crippen LogP contribution in [0.5, 0.6) is 0 Å². The standard InChI is InChI=1S/C16H25NO2/c1-6-14(15(18)19)17(5)11-16(3,4)13-9-7-12(2)8-10-13/h7-10,14H,6,11H2,1-5H3,(H,18,19)/t14-/m0/s1. The Bertz CT molecular complexity index is 423. The molecule has 0 fully saturated rings. The minimum Gasteiger partial charge on any atom is -0.480 e. The van der Waals surface area contributed by atoms with E-state index in [-0.39, 0.29) is 5.41 Å². The van der Waals surface area contributed by atoms with Gasteiger partial charge in [0.1, 0.15) is 6.04 Å². The predicted octanol–water partition coefficient (Wildman–Crippen LogP) is 3.07.